The molecule has 0 saturated carbocycles. The molecule has 1 atom stereocenters. The van der Waals surface area contributed by atoms with Crippen molar-refractivity contribution in [3.63, 3.8) is 0 Å². The number of hydrogen-bond acceptors (Lipinski definition) is 0. The molecule has 0 heterocycles. The largest absolute Gasteiger partial charge is 0.0840 e. The van der Waals surface area contributed by atoms with E-state index in [1.807, 2.05) is 0 Å². The molecule has 0 nitrogen and oxygen atoms in total. The molecular weight excluding hydrogens is 480 g/mol. The Morgan fingerprint density at radius 1 is 0.725 bits per heavy atom. The molecule has 0 fully saturated rings. The van der Waals surface area contributed by atoms with E-state index in [0.717, 1.165) is 12.3 Å². The van der Waals surface area contributed by atoms with Crippen LogP contribution < -0.4 is 0 Å². The van der Waals surface area contributed by atoms with Crippen molar-refractivity contribution in [1.82, 2.24) is 0 Å². The number of allylic oxidation sites excluding steroid dienone is 18. The molecule has 0 heteroatoms. The van der Waals surface area contributed by atoms with Gasteiger partial charge in [-0.1, -0.05) is 135 Å². The zero-order chi connectivity index (χ0) is 29.8. The summed E-state index contributed by atoms with van der Waals surface area (Å²) in [6.45, 7) is 23.2. The van der Waals surface area contributed by atoms with Gasteiger partial charge in [0.15, 0.2) is 0 Å². The molecule has 2 aliphatic rings. The van der Waals surface area contributed by atoms with E-state index in [-0.39, 0.29) is 0 Å². The van der Waals surface area contributed by atoms with Crippen molar-refractivity contribution in [1.29, 1.82) is 0 Å². The maximum Gasteiger partial charge on any atom is -0.0104 e. The summed E-state index contributed by atoms with van der Waals surface area (Å²) in [7, 11) is 0. The van der Waals surface area contributed by atoms with Crippen molar-refractivity contribution in [2.75, 3.05) is 0 Å². The van der Waals surface area contributed by atoms with Crippen LogP contribution in [0.15, 0.2) is 106 Å². The van der Waals surface area contributed by atoms with Crippen molar-refractivity contribution in [3.8, 4) is 0 Å². The molecule has 40 heavy (non-hydrogen) atoms. The summed E-state index contributed by atoms with van der Waals surface area (Å²) in [5.74, 6) is 0.725. The van der Waals surface area contributed by atoms with Crippen LogP contribution >= 0.6 is 0 Å². The molecule has 0 aliphatic heterocycles. The Hall–Kier alpha value is -2.34. The molecule has 0 amide bonds. The van der Waals surface area contributed by atoms with E-state index in [4.69, 9.17) is 0 Å². The third-order valence-electron chi connectivity index (χ3n) is 9.09. The van der Waals surface area contributed by atoms with Crippen molar-refractivity contribution in [3.05, 3.63) is 106 Å². The second kappa shape index (κ2) is 16.2. The highest BCUT2D eigenvalue weighted by Crippen LogP contribution is 2.43. The molecular formula is C40H60. The predicted octanol–water partition coefficient (Wildman–Crippen LogP) is 12.9. The average molecular weight is 541 g/mol. The lowest BCUT2D eigenvalue weighted by molar-refractivity contribution is 0.344. The van der Waals surface area contributed by atoms with E-state index < -0.39 is 0 Å². The van der Waals surface area contributed by atoms with Crippen molar-refractivity contribution >= 4 is 0 Å². The van der Waals surface area contributed by atoms with E-state index in [2.05, 4.69) is 136 Å². The van der Waals surface area contributed by atoms with Gasteiger partial charge in [0.05, 0.1) is 0 Å². The Kier molecular flexibility index (Phi) is 13.7. The fourth-order valence-electron chi connectivity index (χ4n) is 6.38. The molecule has 0 spiro atoms. The Labute approximate surface area is 249 Å². The van der Waals surface area contributed by atoms with Crippen LogP contribution in [0.4, 0.5) is 0 Å². The molecule has 0 saturated heterocycles. The van der Waals surface area contributed by atoms with Gasteiger partial charge in [-0.3, -0.25) is 0 Å². The third-order valence-corrected chi connectivity index (χ3v) is 9.09. The first-order valence-corrected chi connectivity index (χ1v) is 15.9. The van der Waals surface area contributed by atoms with Gasteiger partial charge in [-0.15, -0.1) is 0 Å². The van der Waals surface area contributed by atoms with Crippen LogP contribution in [0.5, 0.6) is 0 Å². The monoisotopic (exact) mass is 540 g/mol. The van der Waals surface area contributed by atoms with Gasteiger partial charge in [0.2, 0.25) is 0 Å². The highest BCUT2D eigenvalue weighted by Gasteiger charge is 2.28. The minimum Gasteiger partial charge on any atom is -0.0840 e. The molecule has 1 unspecified atom stereocenters. The van der Waals surface area contributed by atoms with Gasteiger partial charge in [0, 0.05) is 0 Å². The molecule has 2 aliphatic carbocycles. The fraction of sp³-hybridized carbons (Fsp3) is 0.550. The van der Waals surface area contributed by atoms with Crippen LogP contribution in [0.1, 0.15) is 127 Å². The van der Waals surface area contributed by atoms with Gasteiger partial charge in [0.25, 0.3) is 0 Å². The molecule has 0 bridgehead atoms. The van der Waals surface area contributed by atoms with Crippen molar-refractivity contribution in [2.45, 2.75) is 127 Å². The quantitative estimate of drug-likeness (QED) is 0.170. The number of hydrogen-bond donors (Lipinski definition) is 0. The molecule has 0 aromatic heterocycles. The van der Waals surface area contributed by atoms with Crippen LogP contribution in [0, 0.1) is 16.7 Å². The molecule has 2 rings (SSSR count). The van der Waals surface area contributed by atoms with E-state index in [0.29, 0.717) is 10.8 Å². The summed E-state index contributed by atoms with van der Waals surface area (Å²) in [5, 5.41) is 0. The lowest BCUT2D eigenvalue weighted by Crippen LogP contribution is -2.20. The van der Waals surface area contributed by atoms with E-state index in [1.165, 1.54) is 73.7 Å². The average Bonchev–Trinajstić information content (AvgIpc) is 2.85. The van der Waals surface area contributed by atoms with Crippen LogP contribution in [0.2, 0.25) is 0 Å². The SMILES string of the molecule is CC1=C(/C=C/C(C)=C/C=C/C(C)=C/C=C/C=C(C)/C=C/CC(C)CCC2=C(C)CCCC2(C)C)C(C)(C)CCC1. The lowest BCUT2D eigenvalue weighted by Gasteiger charge is -2.35. The van der Waals surface area contributed by atoms with Gasteiger partial charge in [-0.2, -0.15) is 0 Å². The van der Waals surface area contributed by atoms with Gasteiger partial charge in [0.1, 0.15) is 0 Å². The van der Waals surface area contributed by atoms with Crippen LogP contribution in [0.25, 0.3) is 0 Å². The summed E-state index contributed by atoms with van der Waals surface area (Å²) in [6, 6.07) is 0. The maximum absolute atomic E-state index is 2.44. The van der Waals surface area contributed by atoms with Gasteiger partial charge in [-0.05, 0) is 115 Å². The van der Waals surface area contributed by atoms with Crippen LogP contribution in [0.3, 0.4) is 0 Å². The van der Waals surface area contributed by atoms with Crippen LogP contribution in [-0.2, 0) is 0 Å². The predicted molar refractivity (Wildman–Crippen MR) is 182 cm³/mol. The third kappa shape index (κ3) is 11.6. The Morgan fingerprint density at radius 3 is 1.90 bits per heavy atom. The van der Waals surface area contributed by atoms with Crippen molar-refractivity contribution < 1.29 is 0 Å². The summed E-state index contributed by atoms with van der Waals surface area (Å²) in [5.41, 5.74) is 11.0. The molecule has 0 N–H and O–H groups in total. The molecule has 220 valence electrons. The highest BCUT2D eigenvalue weighted by molar-refractivity contribution is 5.37. The maximum atomic E-state index is 2.44. The summed E-state index contributed by atoms with van der Waals surface area (Å²) < 4.78 is 0. The number of rotatable bonds is 12. The van der Waals surface area contributed by atoms with E-state index in [9.17, 15) is 0 Å². The normalized spacial score (nSPS) is 22.1. The second-order valence-electron chi connectivity index (χ2n) is 14.0. The zero-order valence-corrected chi connectivity index (χ0v) is 27.8. The smallest absolute Gasteiger partial charge is 0.0104 e. The molecule has 0 aromatic carbocycles. The van der Waals surface area contributed by atoms with E-state index >= 15 is 0 Å². The Bertz CT molecular complexity index is 1110. The van der Waals surface area contributed by atoms with Crippen LogP contribution in [-0.4, -0.2) is 0 Å². The second-order valence-corrected chi connectivity index (χ2v) is 14.0. The standard InChI is InChI=1S/C40H60/c1-31(19-13-21-33(3)25-27-37-35(5)23-15-29-39(37,7)8)17-11-12-18-32(2)20-14-22-34(4)26-28-38-36(6)24-16-30-40(38,9)10/h11-14,17-21,25,27,34H,15-16,22-24,26,28-30H2,1-10H3/b12-11+,19-13+,20-14+,27-25+,31-17+,32-18+,33-21+. The van der Waals surface area contributed by atoms with Gasteiger partial charge in [-0.25, -0.2) is 0 Å². The van der Waals surface area contributed by atoms with Gasteiger partial charge >= 0.3 is 0 Å². The summed E-state index contributed by atoms with van der Waals surface area (Å²) in [4.78, 5) is 0. The Balaban J connectivity index is 1.79. The first-order chi connectivity index (χ1) is 18.8. The van der Waals surface area contributed by atoms with Gasteiger partial charge < -0.3 is 0 Å². The van der Waals surface area contributed by atoms with E-state index in [1.54, 1.807) is 16.7 Å². The first kappa shape index (κ1) is 33.9. The minimum absolute atomic E-state index is 0.297. The Morgan fingerprint density at radius 2 is 1.27 bits per heavy atom. The zero-order valence-electron chi connectivity index (χ0n) is 27.8. The first-order valence-electron chi connectivity index (χ1n) is 15.9. The minimum atomic E-state index is 0.297. The molecule has 0 aromatic rings. The molecule has 0 radical (unpaired) electrons. The topological polar surface area (TPSA) is 0 Å². The highest BCUT2D eigenvalue weighted by atomic mass is 14.3. The van der Waals surface area contributed by atoms with Crippen molar-refractivity contribution in [2.24, 2.45) is 16.7 Å². The lowest BCUT2D eigenvalue weighted by atomic mass is 9.70. The fourth-order valence-corrected chi connectivity index (χ4v) is 6.38. The summed E-state index contributed by atoms with van der Waals surface area (Å²) >= 11 is 0. The summed E-state index contributed by atoms with van der Waals surface area (Å²) in [6.07, 6.45) is 36.0.